The summed E-state index contributed by atoms with van der Waals surface area (Å²) in [6.07, 6.45) is 1.97. The molecule has 0 fully saturated rings. The molecule has 1 atom stereocenters. The Balaban J connectivity index is 2.65. The van der Waals surface area contributed by atoms with Gasteiger partial charge in [0.05, 0.1) is 0 Å². The maximum absolute atomic E-state index is 6.13. The minimum atomic E-state index is 0.0602. The summed E-state index contributed by atoms with van der Waals surface area (Å²) in [5, 5.41) is 4.88. The first kappa shape index (κ1) is 15.1. The lowest BCUT2D eigenvalue weighted by Gasteiger charge is -2.29. The standard InChI is InChI=1S/C13H18Cl3N/c1-3-13(2,6-7-14)17-9-10-4-5-11(15)8-12(10)16/h4-5,8,17H,3,6-7,9H2,1-2H3. The van der Waals surface area contributed by atoms with Crippen LogP contribution in [0.4, 0.5) is 0 Å². The molecule has 0 spiro atoms. The summed E-state index contributed by atoms with van der Waals surface area (Å²) in [6, 6.07) is 5.58. The van der Waals surface area contributed by atoms with Crippen molar-refractivity contribution in [2.24, 2.45) is 0 Å². The smallest absolute Gasteiger partial charge is 0.0465 e. The molecule has 0 aromatic heterocycles. The zero-order chi connectivity index (χ0) is 12.9. The monoisotopic (exact) mass is 293 g/mol. The Morgan fingerprint density at radius 3 is 2.53 bits per heavy atom. The van der Waals surface area contributed by atoms with Crippen LogP contribution in [0.3, 0.4) is 0 Å². The van der Waals surface area contributed by atoms with Crippen LogP contribution in [0.1, 0.15) is 32.3 Å². The van der Waals surface area contributed by atoms with Crippen molar-refractivity contribution in [2.45, 2.75) is 38.8 Å². The van der Waals surface area contributed by atoms with E-state index in [9.17, 15) is 0 Å². The van der Waals surface area contributed by atoms with Crippen LogP contribution in [0.25, 0.3) is 0 Å². The van der Waals surface area contributed by atoms with Crippen molar-refractivity contribution in [1.82, 2.24) is 5.32 Å². The van der Waals surface area contributed by atoms with Gasteiger partial charge in [-0.3, -0.25) is 0 Å². The molecule has 0 amide bonds. The molecule has 0 saturated heterocycles. The number of halogens is 3. The molecular formula is C13H18Cl3N. The van der Waals surface area contributed by atoms with Crippen molar-refractivity contribution in [2.75, 3.05) is 5.88 Å². The van der Waals surface area contributed by atoms with Crippen LogP contribution in [-0.2, 0) is 6.54 Å². The van der Waals surface area contributed by atoms with Crippen molar-refractivity contribution in [3.05, 3.63) is 33.8 Å². The molecule has 1 unspecified atom stereocenters. The highest BCUT2D eigenvalue weighted by molar-refractivity contribution is 6.35. The first-order valence-electron chi connectivity index (χ1n) is 5.75. The molecule has 1 nitrogen and oxygen atoms in total. The van der Waals surface area contributed by atoms with Crippen LogP contribution in [-0.4, -0.2) is 11.4 Å². The number of nitrogens with one attached hydrogen (secondary N) is 1. The molecule has 0 aliphatic rings. The van der Waals surface area contributed by atoms with Crippen LogP contribution in [0, 0.1) is 0 Å². The van der Waals surface area contributed by atoms with Crippen molar-refractivity contribution in [3.63, 3.8) is 0 Å². The Labute approximate surface area is 118 Å². The summed E-state index contributed by atoms with van der Waals surface area (Å²) in [4.78, 5) is 0. The van der Waals surface area contributed by atoms with Crippen molar-refractivity contribution < 1.29 is 0 Å². The van der Waals surface area contributed by atoms with Crippen molar-refractivity contribution in [1.29, 1.82) is 0 Å². The average molecular weight is 295 g/mol. The predicted octanol–water partition coefficient (Wildman–Crippen LogP) is 4.88. The molecule has 1 aromatic rings. The van der Waals surface area contributed by atoms with Gasteiger partial charge in [0.25, 0.3) is 0 Å². The molecule has 4 heteroatoms. The zero-order valence-electron chi connectivity index (χ0n) is 10.2. The van der Waals surface area contributed by atoms with Gasteiger partial charge in [0.1, 0.15) is 0 Å². The van der Waals surface area contributed by atoms with Gasteiger partial charge in [-0.15, -0.1) is 11.6 Å². The summed E-state index contributed by atoms with van der Waals surface area (Å²) in [7, 11) is 0. The van der Waals surface area contributed by atoms with E-state index >= 15 is 0 Å². The molecule has 17 heavy (non-hydrogen) atoms. The number of hydrogen-bond acceptors (Lipinski definition) is 1. The van der Waals surface area contributed by atoms with Gasteiger partial charge < -0.3 is 5.32 Å². The Bertz CT molecular complexity index is 368. The first-order chi connectivity index (χ1) is 8.00. The van der Waals surface area contributed by atoms with E-state index in [0.717, 1.165) is 24.9 Å². The zero-order valence-corrected chi connectivity index (χ0v) is 12.5. The minimum Gasteiger partial charge on any atom is -0.307 e. The molecule has 0 bridgehead atoms. The van der Waals surface area contributed by atoms with E-state index in [2.05, 4.69) is 19.2 Å². The van der Waals surface area contributed by atoms with Crippen LogP contribution < -0.4 is 5.32 Å². The summed E-state index contributed by atoms with van der Waals surface area (Å²) >= 11 is 17.8. The van der Waals surface area contributed by atoms with Gasteiger partial charge in [-0.25, -0.2) is 0 Å². The van der Waals surface area contributed by atoms with Gasteiger partial charge >= 0.3 is 0 Å². The molecule has 1 rings (SSSR count). The molecule has 0 aliphatic carbocycles. The van der Waals surface area contributed by atoms with Gasteiger partial charge in [-0.05, 0) is 37.5 Å². The minimum absolute atomic E-state index is 0.0602. The Morgan fingerprint density at radius 1 is 1.29 bits per heavy atom. The lowest BCUT2D eigenvalue weighted by Crippen LogP contribution is -2.41. The van der Waals surface area contributed by atoms with Crippen LogP contribution in [0.5, 0.6) is 0 Å². The second-order valence-corrected chi connectivity index (χ2v) is 5.66. The fraction of sp³-hybridized carbons (Fsp3) is 0.538. The van der Waals surface area contributed by atoms with E-state index in [1.54, 1.807) is 6.07 Å². The van der Waals surface area contributed by atoms with Gasteiger partial charge in [0.15, 0.2) is 0 Å². The van der Waals surface area contributed by atoms with Gasteiger partial charge in [-0.2, -0.15) is 0 Å². The third-order valence-corrected chi connectivity index (χ3v) is 3.92. The van der Waals surface area contributed by atoms with Gasteiger partial charge in [0.2, 0.25) is 0 Å². The summed E-state index contributed by atoms with van der Waals surface area (Å²) in [5.74, 6) is 0.658. The summed E-state index contributed by atoms with van der Waals surface area (Å²) in [5.41, 5.74) is 1.12. The lowest BCUT2D eigenvalue weighted by atomic mass is 9.95. The van der Waals surface area contributed by atoms with Crippen molar-refractivity contribution in [3.8, 4) is 0 Å². The molecule has 96 valence electrons. The first-order valence-corrected chi connectivity index (χ1v) is 7.05. The number of rotatable bonds is 6. The second-order valence-electron chi connectivity index (χ2n) is 4.44. The quantitative estimate of drug-likeness (QED) is 0.737. The highest BCUT2D eigenvalue weighted by Gasteiger charge is 2.20. The highest BCUT2D eigenvalue weighted by Crippen LogP contribution is 2.22. The fourth-order valence-corrected chi connectivity index (χ4v) is 2.46. The largest absolute Gasteiger partial charge is 0.307 e. The van der Waals surface area contributed by atoms with Crippen molar-refractivity contribution >= 4 is 34.8 Å². The third-order valence-electron chi connectivity index (χ3n) is 3.15. The molecular weight excluding hydrogens is 277 g/mol. The van der Waals surface area contributed by atoms with E-state index in [1.807, 2.05) is 12.1 Å². The fourth-order valence-electron chi connectivity index (χ4n) is 1.57. The second kappa shape index (κ2) is 6.84. The van der Waals surface area contributed by atoms with Gasteiger partial charge in [-0.1, -0.05) is 36.2 Å². The summed E-state index contributed by atoms with van der Waals surface area (Å²) in [6.45, 7) is 5.07. The Hall–Kier alpha value is 0.0500. The normalized spacial score (nSPS) is 14.6. The van der Waals surface area contributed by atoms with Crippen LogP contribution in [0.15, 0.2) is 18.2 Å². The number of hydrogen-bond donors (Lipinski definition) is 1. The van der Waals surface area contributed by atoms with Gasteiger partial charge in [0, 0.05) is 28.0 Å². The molecule has 0 saturated carbocycles. The van der Waals surface area contributed by atoms with E-state index < -0.39 is 0 Å². The van der Waals surface area contributed by atoms with Crippen LogP contribution >= 0.6 is 34.8 Å². The van der Waals surface area contributed by atoms with E-state index in [1.165, 1.54) is 0 Å². The number of benzene rings is 1. The molecule has 1 aromatic carbocycles. The topological polar surface area (TPSA) is 12.0 Å². The Morgan fingerprint density at radius 2 is 2.00 bits per heavy atom. The summed E-state index contributed by atoms with van der Waals surface area (Å²) < 4.78 is 0. The van der Waals surface area contributed by atoms with E-state index in [4.69, 9.17) is 34.8 Å². The number of alkyl halides is 1. The van der Waals surface area contributed by atoms with E-state index in [-0.39, 0.29) is 5.54 Å². The SMILES string of the molecule is CCC(C)(CCCl)NCc1ccc(Cl)cc1Cl. The van der Waals surface area contributed by atoms with E-state index in [0.29, 0.717) is 15.9 Å². The third kappa shape index (κ3) is 4.67. The highest BCUT2D eigenvalue weighted by atomic mass is 35.5. The predicted molar refractivity (Wildman–Crippen MR) is 77.3 cm³/mol. The molecule has 0 heterocycles. The van der Waals surface area contributed by atoms with Crippen LogP contribution in [0.2, 0.25) is 10.0 Å². The maximum Gasteiger partial charge on any atom is 0.0465 e. The molecule has 0 aliphatic heterocycles. The average Bonchev–Trinajstić information content (AvgIpc) is 2.28. The lowest BCUT2D eigenvalue weighted by molar-refractivity contribution is 0.331. The molecule has 1 N–H and O–H groups in total. The Kier molecular flexibility index (Phi) is 6.08. The maximum atomic E-state index is 6.13. The molecule has 0 radical (unpaired) electrons.